The summed E-state index contributed by atoms with van der Waals surface area (Å²) in [4.78, 5) is 27.2. The Morgan fingerprint density at radius 3 is 2.29 bits per heavy atom. The van der Waals surface area contributed by atoms with E-state index in [4.69, 9.17) is 18.6 Å². The molecule has 1 saturated heterocycles. The lowest BCUT2D eigenvalue weighted by Crippen LogP contribution is -2.48. The van der Waals surface area contributed by atoms with Gasteiger partial charge in [-0.05, 0) is 60.2 Å². The monoisotopic (exact) mass is 583 g/mol. The van der Waals surface area contributed by atoms with Crippen molar-refractivity contribution in [2.75, 3.05) is 20.3 Å². The Balaban J connectivity index is 1.64. The molecular formula is C33H49NO6Si. The molecule has 2 aromatic carbocycles. The van der Waals surface area contributed by atoms with Crippen LogP contribution in [0.15, 0.2) is 54.6 Å². The minimum Gasteiger partial charge on any atom is -0.497 e. The highest BCUT2D eigenvalue weighted by Gasteiger charge is 2.42. The Hall–Kier alpha value is -2.68. The molecule has 4 atom stereocenters. The lowest BCUT2D eigenvalue weighted by molar-refractivity contribution is -0.129. The van der Waals surface area contributed by atoms with Gasteiger partial charge in [0.2, 0.25) is 5.91 Å². The van der Waals surface area contributed by atoms with Crippen molar-refractivity contribution >= 4 is 20.3 Å². The van der Waals surface area contributed by atoms with Crippen LogP contribution in [0.25, 0.3) is 0 Å². The number of amides is 2. The average molecular weight is 584 g/mol. The number of benzene rings is 2. The Labute approximate surface area is 247 Å². The Bertz CT molecular complexity index is 1110. The van der Waals surface area contributed by atoms with Crippen LogP contribution < -0.4 is 4.74 Å². The van der Waals surface area contributed by atoms with Crippen LogP contribution in [-0.4, -0.2) is 57.7 Å². The summed E-state index contributed by atoms with van der Waals surface area (Å²) < 4.78 is 23.6. The van der Waals surface area contributed by atoms with E-state index in [1.807, 2.05) is 54.6 Å². The molecule has 7 nitrogen and oxygen atoms in total. The second kappa shape index (κ2) is 14.5. The standard InChI is InChI=1S/C33H49NO6Si/c1-24(14-19-30(35)34-28(23-39-32(34)36)20-26-12-10-9-11-13-26)31(40-41(7,8)33(3,4)5)25(2)21-38-22-27-15-17-29(37-6)18-16-27/h9-13,15-18,24-25,28,31H,14,19-23H2,1-8H3. The third kappa shape index (κ3) is 9.15. The molecule has 0 aliphatic carbocycles. The van der Waals surface area contributed by atoms with Crippen molar-refractivity contribution in [1.82, 2.24) is 4.90 Å². The first-order valence-electron chi connectivity index (χ1n) is 14.7. The van der Waals surface area contributed by atoms with Gasteiger partial charge in [-0.15, -0.1) is 0 Å². The lowest BCUT2D eigenvalue weighted by Gasteiger charge is -2.43. The van der Waals surface area contributed by atoms with Gasteiger partial charge in [-0.2, -0.15) is 0 Å². The van der Waals surface area contributed by atoms with Crippen LogP contribution in [0.4, 0.5) is 4.79 Å². The van der Waals surface area contributed by atoms with Crippen LogP contribution >= 0.6 is 0 Å². The van der Waals surface area contributed by atoms with Crippen LogP contribution in [0.1, 0.15) is 58.6 Å². The number of hydrogen-bond acceptors (Lipinski definition) is 6. The second-order valence-electron chi connectivity index (χ2n) is 12.9. The molecule has 0 saturated carbocycles. The maximum atomic E-state index is 13.3. The van der Waals surface area contributed by atoms with E-state index in [1.54, 1.807) is 7.11 Å². The van der Waals surface area contributed by atoms with Crippen LogP contribution in [0.3, 0.4) is 0 Å². The molecule has 2 amide bonds. The van der Waals surface area contributed by atoms with E-state index >= 15 is 0 Å². The number of hydrogen-bond donors (Lipinski definition) is 0. The molecule has 1 aliphatic heterocycles. The number of methoxy groups -OCH3 is 1. The molecule has 1 heterocycles. The van der Waals surface area contributed by atoms with Crippen LogP contribution in [0.5, 0.6) is 5.75 Å². The van der Waals surface area contributed by atoms with E-state index in [0.717, 1.165) is 16.9 Å². The zero-order valence-corrected chi connectivity index (χ0v) is 27.1. The van der Waals surface area contributed by atoms with E-state index in [-0.39, 0.29) is 48.0 Å². The largest absolute Gasteiger partial charge is 0.497 e. The minimum atomic E-state index is -2.09. The van der Waals surface area contributed by atoms with Gasteiger partial charge in [0, 0.05) is 12.3 Å². The molecule has 8 heteroatoms. The fourth-order valence-corrected chi connectivity index (χ4v) is 6.43. The summed E-state index contributed by atoms with van der Waals surface area (Å²) in [6, 6.07) is 17.5. The first-order valence-corrected chi connectivity index (χ1v) is 17.6. The van der Waals surface area contributed by atoms with Gasteiger partial charge in [0.15, 0.2) is 8.32 Å². The van der Waals surface area contributed by atoms with Crippen LogP contribution in [0, 0.1) is 11.8 Å². The summed E-state index contributed by atoms with van der Waals surface area (Å²) in [7, 11) is -0.436. The fourth-order valence-electron chi connectivity index (χ4n) is 4.93. The maximum Gasteiger partial charge on any atom is 0.416 e. The molecule has 0 N–H and O–H groups in total. The van der Waals surface area contributed by atoms with E-state index in [9.17, 15) is 9.59 Å². The van der Waals surface area contributed by atoms with Crippen molar-refractivity contribution in [1.29, 1.82) is 0 Å². The van der Waals surface area contributed by atoms with E-state index < -0.39 is 14.4 Å². The molecule has 0 aromatic heterocycles. The van der Waals surface area contributed by atoms with E-state index in [1.165, 1.54) is 4.90 Å². The summed E-state index contributed by atoms with van der Waals surface area (Å²) in [5, 5.41) is 0.0500. The number of rotatable bonds is 14. The summed E-state index contributed by atoms with van der Waals surface area (Å²) in [6.07, 6.45) is 0.845. The van der Waals surface area contributed by atoms with E-state index in [2.05, 4.69) is 47.7 Å². The predicted octanol–water partition coefficient (Wildman–Crippen LogP) is 7.24. The number of imide groups is 1. The molecule has 41 heavy (non-hydrogen) atoms. The van der Waals surface area contributed by atoms with Crippen LogP contribution in [-0.2, 0) is 31.7 Å². The molecule has 0 spiro atoms. The molecule has 226 valence electrons. The van der Waals surface area contributed by atoms with Crippen molar-refractivity contribution in [3.63, 3.8) is 0 Å². The highest BCUT2D eigenvalue weighted by molar-refractivity contribution is 6.74. The zero-order valence-electron chi connectivity index (χ0n) is 26.1. The molecule has 1 aliphatic rings. The van der Waals surface area contributed by atoms with Gasteiger partial charge in [-0.3, -0.25) is 4.79 Å². The van der Waals surface area contributed by atoms with Crippen molar-refractivity contribution in [3.8, 4) is 5.75 Å². The number of ether oxygens (including phenoxy) is 3. The Kier molecular flexibility index (Phi) is 11.6. The number of nitrogens with zero attached hydrogens (tertiary/aromatic N) is 1. The molecule has 4 unspecified atom stereocenters. The highest BCUT2D eigenvalue weighted by Crippen LogP contribution is 2.40. The van der Waals surface area contributed by atoms with Crippen molar-refractivity contribution in [3.05, 3.63) is 65.7 Å². The smallest absolute Gasteiger partial charge is 0.416 e. The molecule has 2 aromatic rings. The minimum absolute atomic E-state index is 0.0500. The number of cyclic esters (lactones) is 1. The molecule has 0 bridgehead atoms. The van der Waals surface area contributed by atoms with Crippen molar-refractivity contribution < 1.29 is 28.2 Å². The molecular weight excluding hydrogens is 534 g/mol. The quantitative estimate of drug-likeness (QED) is 0.218. The maximum absolute atomic E-state index is 13.3. The Morgan fingerprint density at radius 2 is 1.68 bits per heavy atom. The first-order chi connectivity index (χ1) is 19.3. The summed E-state index contributed by atoms with van der Waals surface area (Å²) in [5.41, 5.74) is 2.16. The number of carbonyl (C=O) groups is 2. The van der Waals surface area contributed by atoms with Crippen LogP contribution in [0.2, 0.25) is 18.1 Å². The van der Waals surface area contributed by atoms with E-state index in [0.29, 0.717) is 26.1 Å². The fraction of sp³-hybridized carbons (Fsp3) is 0.576. The van der Waals surface area contributed by atoms with Crippen molar-refractivity contribution in [2.45, 2.75) is 90.8 Å². The van der Waals surface area contributed by atoms with Gasteiger partial charge in [0.25, 0.3) is 0 Å². The predicted molar refractivity (Wildman–Crippen MR) is 164 cm³/mol. The number of carbonyl (C=O) groups excluding carboxylic acids is 2. The molecule has 0 radical (unpaired) electrons. The summed E-state index contributed by atoms with van der Waals surface area (Å²) >= 11 is 0. The zero-order chi connectivity index (χ0) is 30.2. The SMILES string of the molecule is COc1ccc(COCC(C)C(O[Si](C)(C)C(C)(C)C)C(C)CCC(=O)N2C(=O)OCC2Cc2ccccc2)cc1. The third-order valence-electron chi connectivity index (χ3n) is 8.52. The van der Waals surface area contributed by atoms with Gasteiger partial charge >= 0.3 is 6.09 Å². The highest BCUT2D eigenvalue weighted by atomic mass is 28.4. The van der Waals surface area contributed by atoms with Crippen molar-refractivity contribution in [2.24, 2.45) is 11.8 Å². The second-order valence-corrected chi connectivity index (χ2v) is 17.6. The van der Waals surface area contributed by atoms with Gasteiger partial charge < -0.3 is 18.6 Å². The summed E-state index contributed by atoms with van der Waals surface area (Å²) in [5.74, 6) is 0.852. The normalized spacial score (nSPS) is 18.1. The molecule has 1 fully saturated rings. The lowest BCUT2D eigenvalue weighted by atomic mass is 9.90. The van der Waals surface area contributed by atoms with Gasteiger partial charge in [-0.1, -0.05) is 77.1 Å². The Morgan fingerprint density at radius 1 is 1.02 bits per heavy atom. The van der Waals surface area contributed by atoms with Gasteiger partial charge in [0.05, 0.1) is 32.5 Å². The van der Waals surface area contributed by atoms with Gasteiger partial charge in [-0.25, -0.2) is 9.69 Å². The molecule has 3 rings (SSSR count). The topological polar surface area (TPSA) is 74.3 Å². The summed E-state index contributed by atoms with van der Waals surface area (Å²) in [6.45, 7) is 16.8. The average Bonchev–Trinajstić information content (AvgIpc) is 3.30. The first kappa shape index (κ1) is 32.8. The van der Waals surface area contributed by atoms with Gasteiger partial charge in [0.1, 0.15) is 12.4 Å². The third-order valence-corrected chi connectivity index (χ3v) is 13.0.